The monoisotopic (exact) mass is 402 g/mol. The van der Waals surface area contributed by atoms with Crippen LogP contribution in [0.15, 0.2) is 36.5 Å². The molecule has 1 fully saturated rings. The van der Waals surface area contributed by atoms with Gasteiger partial charge in [0.2, 0.25) is 18.8 Å². The molecule has 0 atom stereocenters. The van der Waals surface area contributed by atoms with Crippen molar-refractivity contribution in [3.8, 4) is 0 Å². The molecule has 1 saturated heterocycles. The molecule has 2 amide bonds. The van der Waals surface area contributed by atoms with Crippen molar-refractivity contribution in [2.24, 2.45) is 0 Å². The fraction of sp³-hybridized carbons (Fsp3) is 0.476. The van der Waals surface area contributed by atoms with Gasteiger partial charge in [0, 0.05) is 39.8 Å². The molecule has 8 nitrogen and oxygen atoms in total. The van der Waals surface area contributed by atoms with Crippen molar-refractivity contribution in [1.29, 1.82) is 0 Å². The molecule has 0 unspecified atom stereocenters. The highest BCUT2D eigenvalue weighted by Gasteiger charge is 2.18. The fourth-order valence-electron chi connectivity index (χ4n) is 2.78. The highest BCUT2D eigenvalue weighted by Crippen LogP contribution is 2.22. The van der Waals surface area contributed by atoms with Gasteiger partial charge in [0.15, 0.2) is 0 Å². The molecule has 2 aromatic rings. The van der Waals surface area contributed by atoms with Crippen LogP contribution in [0.3, 0.4) is 0 Å². The number of hydrogen-bond donors (Lipinski definition) is 2. The molecule has 1 aliphatic heterocycles. The average Bonchev–Trinajstić information content (AvgIpc) is 3.20. The number of imidazole rings is 1. The minimum absolute atomic E-state index is 0.312. The van der Waals surface area contributed by atoms with E-state index in [2.05, 4.69) is 70.2 Å². The van der Waals surface area contributed by atoms with Crippen molar-refractivity contribution in [2.45, 2.75) is 27.3 Å². The zero-order valence-corrected chi connectivity index (χ0v) is 18.0. The maximum atomic E-state index is 9.06. The summed E-state index contributed by atoms with van der Waals surface area (Å²) < 4.78 is 2.28. The van der Waals surface area contributed by atoms with E-state index in [0.29, 0.717) is 12.8 Å². The fourth-order valence-corrected chi connectivity index (χ4v) is 2.78. The second kappa shape index (κ2) is 14.2. The predicted molar refractivity (Wildman–Crippen MR) is 118 cm³/mol. The Kier molecular flexibility index (Phi) is 11.8. The van der Waals surface area contributed by atoms with Gasteiger partial charge in [-0.1, -0.05) is 44.2 Å². The molecule has 29 heavy (non-hydrogen) atoms. The van der Waals surface area contributed by atoms with E-state index in [1.807, 2.05) is 13.8 Å². The minimum Gasteiger partial charge on any atom is -0.359 e. The third-order valence-corrected chi connectivity index (χ3v) is 4.34. The van der Waals surface area contributed by atoms with Crippen molar-refractivity contribution < 1.29 is 9.59 Å². The summed E-state index contributed by atoms with van der Waals surface area (Å²) in [7, 11) is 2.09. The van der Waals surface area contributed by atoms with E-state index in [-0.39, 0.29) is 0 Å². The first-order valence-electron chi connectivity index (χ1n) is 10.1. The van der Waals surface area contributed by atoms with Crippen molar-refractivity contribution in [3.05, 3.63) is 42.1 Å². The summed E-state index contributed by atoms with van der Waals surface area (Å²) in [6, 6.07) is 10.6. The van der Waals surface area contributed by atoms with E-state index < -0.39 is 0 Å². The SMILES string of the molecule is CC.CCN(C)c1cn(Cc2ccccc2)c(N2CCNCC2)n1.O=CNC=O. The van der Waals surface area contributed by atoms with Crippen LogP contribution in [0.25, 0.3) is 0 Å². The Morgan fingerprint density at radius 1 is 1.14 bits per heavy atom. The molecule has 1 aromatic heterocycles. The summed E-state index contributed by atoms with van der Waals surface area (Å²) in [4.78, 5) is 27.6. The molecule has 3 rings (SSSR count). The normalized spacial score (nSPS) is 12.6. The van der Waals surface area contributed by atoms with Crippen molar-refractivity contribution in [2.75, 3.05) is 49.6 Å². The van der Waals surface area contributed by atoms with E-state index in [4.69, 9.17) is 14.6 Å². The van der Waals surface area contributed by atoms with Gasteiger partial charge in [0.05, 0.1) is 12.7 Å². The van der Waals surface area contributed by atoms with Crippen LogP contribution < -0.4 is 20.4 Å². The van der Waals surface area contributed by atoms with Gasteiger partial charge in [0.1, 0.15) is 5.82 Å². The lowest BCUT2D eigenvalue weighted by Gasteiger charge is -2.28. The zero-order valence-electron chi connectivity index (χ0n) is 18.0. The second-order valence-electron chi connectivity index (χ2n) is 6.17. The van der Waals surface area contributed by atoms with Gasteiger partial charge in [-0.05, 0) is 12.5 Å². The Balaban J connectivity index is 0.000000527. The quantitative estimate of drug-likeness (QED) is 0.686. The van der Waals surface area contributed by atoms with Gasteiger partial charge in [0.25, 0.3) is 0 Å². The summed E-state index contributed by atoms with van der Waals surface area (Å²) in [6.07, 6.45) is 2.80. The topological polar surface area (TPSA) is 82.5 Å². The Morgan fingerprint density at radius 2 is 1.76 bits per heavy atom. The summed E-state index contributed by atoms with van der Waals surface area (Å²) >= 11 is 0. The number of piperazine rings is 1. The zero-order chi connectivity index (χ0) is 21.5. The Hall–Kier alpha value is -2.87. The van der Waals surface area contributed by atoms with Gasteiger partial charge in [-0.2, -0.15) is 4.98 Å². The number of anilines is 2. The lowest BCUT2D eigenvalue weighted by molar-refractivity contribution is -0.117. The number of carbonyl (C=O) groups is 2. The van der Waals surface area contributed by atoms with Crippen LogP contribution in [0.1, 0.15) is 26.3 Å². The third kappa shape index (κ3) is 7.95. The van der Waals surface area contributed by atoms with Gasteiger partial charge in [-0.15, -0.1) is 0 Å². The van der Waals surface area contributed by atoms with E-state index in [1.165, 1.54) is 5.56 Å². The number of imide groups is 1. The number of hydrogen-bond acceptors (Lipinski definition) is 6. The number of benzene rings is 1. The lowest BCUT2D eigenvalue weighted by atomic mass is 10.2. The van der Waals surface area contributed by atoms with Crippen LogP contribution in [-0.4, -0.2) is 62.1 Å². The first-order chi connectivity index (χ1) is 14.2. The number of nitrogens with one attached hydrogen (secondary N) is 2. The average molecular weight is 403 g/mol. The molecule has 0 spiro atoms. The molecule has 0 saturated carbocycles. The van der Waals surface area contributed by atoms with Crippen LogP contribution in [-0.2, 0) is 16.1 Å². The van der Waals surface area contributed by atoms with Crippen molar-refractivity contribution in [3.63, 3.8) is 0 Å². The number of amides is 2. The minimum atomic E-state index is 0.312. The Bertz CT molecular complexity index is 692. The van der Waals surface area contributed by atoms with Crippen LogP contribution in [0.5, 0.6) is 0 Å². The molecule has 2 N–H and O–H groups in total. The van der Waals surface area contributed by atoms with Crippen LogP contribution >= 0.6 is 0 Å². The summed E-state index contributed by atoms with van der Waals surface area (Å²) in [5.41, 5.74) is 1.31. The van der Waals surface area contributed by atoms with E-state index >= 15 is 0 Å². The molecule has 1 aromatic carbocycles. The molecule has 2 heterocycles. The smallest absolute Gasteiger partial charge is 0.213 e. The van der Waals surface area contributed by atoms with E-state index in [1.54, 1.807) is 5.32 Å². The molecule has 0 bridgehead atoms. The summed E-state index contributed by atoms with van der Waals surface area (Å²) in [5, 5.41) is 5.16. The number of rotatable bonds is 7. The van der Waals surface area contributed by atoms with Crippen molar-refractivity contribution in [1.82, 2.24) is 20.2 Å². The largest absolute Gasteiger partial charge is 0.359 e. The third-order valence-electron chi connectivity index (χ3n) is 4.34. The maximum Gasteiger partial charge on any atom is 0.213 e. The second-order valence-corrected chi connectivity index (χ2v) is 6.17. The molecule has 1 aliphatic rings. The maximum absolute atomic E-state index is 9.06. The van der Waals surface area contributed by atoms with E-state index in [9.17, 15) is 0 Å². The van der Waals surface area contributed by atoms with Gasteiger partial charge < -0.3 is 25.0 Å². The summed E-state index contributed by atoms with van der Waals surface area (Å²) in [5.74, 6) is 2.13. The molecule has 160 valence electrons. The van der Waals surface area contributed by atoms with Crippen LogP contribution in [0.2, 0.25) is 0 Å². The highest BCUT2D eigenvalue weighted by atomic mass is 16.2. The standard InChI is InChI=1S/C17H25N5.C2H3NO2.C2H6/c1-3-20(2)16-14-22(13-15-7-5-4-6-8-15)17(19-16)21-11-9-18-10-12-21;4-1-3-2-5;1-2/h4-8,14,18H,3,9-13H2,1-2H3;1-2H,(H,3,4,5);1-2H3. The van der Waals surface area contributed by atoms with Gasteiger partial charge in [-0.25, -0.2) is 0 Å². The Morgan fingerprint density at radius 3 is 2.28 bits per heavy atom. The number of carbonyl (C=O) groups excluding carboxylic acids is 2. The first-order valence-corrected chi connectivity index (χ1v) is 10.1. The Labute approximate surface area is 173 Å². The molecule has 0 aliphatic carbocycles. The van der Waals surface area contributed by atoms with Crippen LogP contribution in [0.4, 0.5) is 11.8 Å². The molecule has 0 radical (unpaired) electrons. The molecule has 8 heteroatoms. The predicted octanol–water partition coefficient (Wildman–Crippen LogP) is 1.71. The first kappa shape index (κ1) is 24.2. The summed E-state index contributed by atoms with van der Waals surface area (Å²) in [6.45, 7) is 12.1. The highest BCUT2D eigenvalue weighted by molar-refractivity contribution is 5.67. The number of nitrogens with zero attached hydrogens (tertiary/aromatic N) is 4. The molecular weight excluding hydrogens is 368 g/mol. The van der Waals surface area contributed by atoms with E-state index in [0.717, 1.165) is 51.0 Å². The lowest BCUT2D eigenvalue weighted by Crippen LogP contribution is -2.44. The number of aromatic nitrogens is 2. The van der Waals surface area contributed by atoms with Gasteiger partial charge in [-0.3, -0.25) is 9.59 Å². The van der Waals surface area contributed by atoms with Crippen molar-refractivity contribution >= 4 is 24.6 Å². The van der Waals surface area contributed by atoms with Crippen LogP contribution in [0, 0.1) is 0 Å². The molecular formula is C21H34N6O2. The van der Waals surface area contributed by atoms with Gasteiger partial charge >= 0.3 is 0 Å².